The second-order valence-corrected chi connectivity index (χ2v) is 8.43. The Balaban J connectivity index is 1.97. The van der Waals surface area contributed by atoms with Gasteiger partial charge in [-0.25, -0.2) is 4.79 Å². The third kappa shape index (κ3) is 3.39. The third-order valence-electron chi connectivity index (χ3n) is 4.02. The van der Waals surface area contributed by atoms with E-state index < -0.39 is 16.6 Å². The molecule has 1 heterocycles. The van der Waals surface area contributed by atoms with Gasteiger partial charge in [0.25, 0.3) is 0 Å². The fourth-order valence-electron chi connectivity index (χ4n) is 2.96. The van der Waals surface area contributed by atoms with Crippen LogP contribution in [0, 0.1) is 5.41 Å². The lowest BCUT2D eigenvalue weighted by Gasteiger charge is -2.33. The van der Waals surface area contributed by atoms with Crippen LogP contribution in [0.1, 0.15) is 47.0 Å². The standard InChI is InChI=1S/C17H23IO4/c1-15(2,3)21-12(19)8-5-6-10-17-11-7-9-16(4,13(17)18)22-14(17)20/h5,7-8,11,13H,6,9-10H2,1-4H3/b8-5+/t13-,16-,17?/m1/s1. The van der Waals surface area contributed by atoms with Crippen LogP contribution in [0.2, 0.25) is 0 Å². The molecule has 4 nitrogen and oxygen atoms in total. The maximum Gasteiger partial charge on any atom is 0.330 e. The average Bonchev–Trinajstić information content (AvgIpc) is 2.48. The Bertz CT molecular complexity index is 531. The molecule has 0 radical (unpaired) electrons. The minimum Gasteiger partial charge on any atom is -0.457 e. The Morgan fingerprint density at radius 1 is 1.55 bits per heavy atom. The first-order chi connectivity index (χ1) is 10.1. The van der Waals surface area contributed by atoms with Crippen LogP contribution >= 0.6 is 22.6 Å². The Labute approximate surface area is 145 Å². The number of carbonyl (C=O) groups excluding carboxylic acids is 2. The summed E-state index contributed by atoms with van der Waals surface area (Å²) in [6, 6.07) is 0. The van der Waals surface area contributed by atoms with Crippen LogP contribution in [0.4, 0.5) is 0 Å². The van der Waals surface area contributed by atoms with Gasteiger partial charge in [0.05, 0.1) is 3.92 Å². The summed E-state index contributed by atoms with van der Waals surface area (Å²) in [6.45, 7) is 7.49. The number of halogens is 1. The number of hydrogen-bond acceptors (Lipinski definition) is 4. The third-order valence-corrected chi connectivity index (χ3v) is 6.45. The van der Waals surface area contributed by atoms with Crippen LogP contribution in [0.5, 0.6) is 0 Å². The normalized spacial score (nSPS) is 34.0. The molecule has 2 aliphatic rings. The molecule has 2 bridgehead atoms. The van der Waals surface area contributed by atoms with Gasteiger partial charge in [0.2, 0.25) is 0 Å². The van der Waals surface area contributed by atoms with Gasteiger partial charge in [0.15, 0.2) is 0 Å². The second-order valence-electron chi connectivity index (χ2n) is 7.19. The van der Waals surface area contributed by atoms with Crippen molar-refractivity contribution in [2.45, 2.75) is 62.1 Å². The minimum absolute atomic E-state index is 0.116. The predicted octanol–water partition coefficient (Wildman–Crippen LogP) is 3.73. The number of carbonyl (C=O) groups is 2. The van der Waals surface area contributed by atoms with E-state index in [9.17, 15) is 9.59 Å². The zero-order chi connectivity index (χ0) is 16.6. The van der Waals surface area contributed by atoms with Crippen LogP contribution in [0.15, 0.2) is 24.3 Å². The average molecular weight is 418 g/mol. The van der Waals surface area contributed by atoms with E-state index in [0.29, 0.717) is 12.8 Å². The summed E-state index contributed by atoms with van der Waals surface area (Å²) < 4.78 is 10.9. The number of rotatable bonds is 4. The van der Waals surface area contributed by atoms with Crippen molar-refractivity contribution in [2.75, 3.05) is 0 Å². The van der Waals surface area contributed by atoms with E-state index in [4.69, 9.17) is 9.47 Å². The van der Waals surface area contributed by atoms with E-state index in [1.165, 1.54) is 6.08 Å². The topological polar surface area (TPSA) is 52.6 Å². The maximum atomic E-state index is 12.3. The molecule has 1 fully saturated rings. The molecule has 0 aromatic rings. The van der Waals surface area contributed by atoms with Crippen LogP contribution < -0.4 is 0 Å². The molecule has 1 unspecified atom stereocenters. The molecule has 0 aromatic heterocycles. The van der Waals surface area contributed by atoms with E-state index in [1.54, 1.807) is 6.08 Å². The van der Waals surface area contributed by atoms with E-state index in [0.717, 1.165) is 6.42 Å². The molecular formula is C17H23IO4. The second kappa shape index (κ2) is 5.98. The molecule has 0 N–H and O–H groups in total. The Morgan fingerprint density at radius 2 is 2.23 bits per heavy atom. The fraction of sp³-hybridized carbons (Fsp3) is 0.647. The SMILES string of the molecule is CC(C)(C)OC(=O)/C=C/CCC12C=CC[C@@](C)(OC1=O)[C@H]2I. The molecule has 1 saturated heterocycles. The molecule has 3 atom stereocenters. The predicted molar refractivity (Wildman–Crippen MR) is 92.7 cm³/mol. The molecule has 0 aromatic carbocycles. The first-order valence-corrected chi connectivity index (χ1v) is 8.78. The van der Waals surface area contributed by atoms with Crippen LogP contribution in [0.3, 0.4) is 0 Å². The van der Waals surface area contributed by atoms with Crippen molar-refractivity contribution in [3.8, 4) is 0 Å². The zero-order valence-electron chi connectivity index (χ0n) is 13.5. The number of fused-ring (bicyclic) bond motifs is 2. The van der Waals surface area contributed by atoms with Crippen molar-refractivity contribution in [3.05, 3.63) is 24.3 Å². The summed E-state index contributed by atoms with van der Waals surface area (Å²) in [5.74, 6) is -0.497. The highest BCUT2D eigenvalue weighted by atomic mass is 127. The lowest BCUT2D eigenvalue weighted by molar-refractivity contribution is -0.151. The molecular weight excluding hydrogens is 395 g/mol. The van der Waals surface area contributed by atoms with E-state index in [-0.39, 0.29) is 15.9 Å². The molecule has 2 rings (SSSR count). The molecule has 0 saturated carbocycles. The van der Waals surface area contributed by atoms with Crippen molar-refractivity contribution in [2.24, 2.45) is 5.41 Å². The monoisotopic (exact) mass is 418 g/mol. The van der Waals surface area contributed by atoms with Gasteiger partial charge in [-0.1, -0.05) is 40.8 Å². The maximum absolute atomic E-state index is 12.3. The molecule has 0 spiro atoms. The van der Waals surface area contributed by atoms with Crippen molar-refractivity contribution in [1.82, 2.24) is 0 Å². The van der Waals surface area contributed by atoms with Crippen molar-refractivity contribution in [1.29, 1.82) is 0 Å². The zero-order valence-corrected chi connectivity index (χ0v) is 15.7. The highest BCUT2D eigenvalue weighted by Crippen LogP contribution is 2.53. The van der Waals surface area contributed by atoms with E-state index in [1.807, 2.05) is 39.8 Å². The molecule has 0 amide bonds. The molecule has 1 aliphatic carbocycles. The summed E-state index contributed by atoms with van der Waals surface area (Å²) in [5.41, 5.74) is -1.45. The van der Waals surface area contributed by atoms with Crippen molar-refractivity contribution < 1.29 is 19.1 Å². The van der Waals surface area contributed by atoms with Gasteiger partial charge in [-0.3, -0.25) is 4.79 Å². The van der Waals surface area contributed by atoms with Gasteiger partial charge >= 0.3 is 11.9 Å². The largest absolute Gasteiger partial charge is 0.457 e. The molecule has 1 aliphatic heterocycles. The molecule has 5 heteroatoms. The quantitative estimate of drug-likeness (QED) is 0.230. The summed E-state index contributed by atoms with van der Waals surface area (Å²) in [5, 5.41) is 0. The number of hydrogen-bond donors (Lipinski definition) is 0. The van der Waals surface area contributed by atoms with Gasteiger partial charge in [0.1, 0.15) is 16.6 Å². The highest BCUT2D eigenvalue weighted by molar-refractivity contribution is 14.1. The number of ether oxygens (including phenoxy) is 2. The van der Waals surface area contributed by atoms with Gasteiger partial charge < -0.3 is 9.47 Å². The molecule has 122 valence electrons. The Kier molecular flexibility index (Phi) is 4.76. The van der Waals surface area contributed by atoms with Crippen molar-refractivity contribution in [3.63, 3.8) is 0 Å². The summed E-state index contributed by atoms with van der Waals surface area (Å²) >= 11 is 2.33. The first kappa shape index (κ1) is 17.5. The van der Waals surface area contributed by atoms with E-state index in [2.05, 4.69) is 22.6 Å². The fourth-order valence-corrected chi connectivity index (χ4v) is 4.11. The summed E-state index contributed by atoms with van der Waals surface area (Å²) in [7, 11) is 0. The van der Waals surface area contributed by atoms with Gasteiger partial charge in [-0.2, -0.15) is 0 Å². The van der Waals surface area contributed by atoms with Crippen LogP contribution in [0.25, 0.3) is 0 Å². The van der Waals surface area contributed by atoms with Crippen LogP contribution in [-0.4, -0.2) is 27.1 Å². The molecule has 22 heavy (non-hydrogen) atoms. The number of allylic oxidation sites excluding steroid dienone is 1. The number of esters is 2. The van der Waals surface area contributed by atoms with Gasteiger partial charge in [0, 0.05) is 12.5 Å². The summed E-state index contributed by atoms with van der Waals surface area (Å²) in [4.78, 5) is 23.9. The van der Waals surface area contributed by atoms with Gasteiger partial charge in [-0.05, 0) is 40.5 Å². The minimum atomic E-state index is -0.564. The lowest BCUT2D eigenvalue weighted by atomic mass is 9.72. The summed E-state index contributed by atoms with van der Waals surface area (Å²) in [6.07, 6.45) is 9.29. The lowest BCUT2D eigenvalue weighted by Crippen LogP contribution is -2.41. The Hall–Kier alpha value is -0.850. The van der Waals surface area contributed by atoms with Crippen LogP contribution in [-0.2, 0) is 19.1 Å². The van der Waals surface area contributed by atoms with Crippen molar-refractivity contribution >= 4 is 34.5 Å². The highest BCUT2D eigenvalue weighted by Gasteiger charge is 2.61. The first-order valence-electron chi connectivity index (χ1n) is 7.54. The van der Waals surface area contributed by atoms with E-state index >= 15 is 0 Å². The smallest absolute Gasteiger partial charge is 0.330 e. The number of alkyl halides is 1. The Morgan fingerprint density at radius 3 is 2.86 bits per heavy atom. The van der Waals surface area contributed by atoms with Gasteiger partial charge in [-0.15, -0.1) is 0 Å².